The highest BCUT2D eigenvalue weighted by molar-refractivity contribution is 5.36. The SMILES string of the molecule is CCNCCCCOc1cccc(Oc2ccccc2)c1. The summed E-state index contributed by atoms with van der Waals surface area (Å²) in [5, 5.41) is 3.31. The molecule has 112 valence electrons. The van der Waals surface area contributed by atoms with Gasteiger partial charge in [0.05, 0.1) is 6.61 Å². The van der Waals surface area contributed by atoms with Crippen molar-refractivity contribution in [2.45, 2.75) is 19.8 Å². The molecule has 1 N–H and O–H groups in total. The van der Waals surface area contributed by atoms with Gasteiger partial charge in [0.25, 0.3) is 0 Å². The van der Waals surface area contributed by atoms with E-state index in [9.17, 15) is 0 Å². The monoisotopic (exact) mass is 285 g/mol. The van der Waals surface area contributed by atoms with Gasteiger partial charge in [-0.25, -0.2) is 0 Å². The molecule has 3 heteroatoms. The van der Waals surface area contributed by atoms with Crippen molar-refractivity contribution in [1.82, 2.24) is 5.32 Å². The molecule has 0 heterocycles. The van der Waals surface area contributed by atoms with E-state index in [-0.39, 0.29) is 0 Å². The number of ether oxygens (including phenoxy) is 2. The first-order valence-electron chi connectivity index (χ1n) is 7.55. The van der Waals surface area contributed by atoms with E-state index in [1.165, 1.54) is 0 Å². The van der Waals surface area contributed by atoms with Gasteiger partial charge < -0.3 is 14.8 Å². The van der Waals surface area contributed by atoms with Gasteiger partial charge in [-0.05, 0) is 50.2 Å². The molecular formula is C18H23NO2. The Hall–Kier alpha value is -2.00. The van der Waals surface area contributed by atoms with Crippen molar-refractivity contribution in [2.75, 3.05) is 19.7 Å². The topological polar surface area (TPSA) is 30.5 Å². The van der Waals surface area contributed by atoms with Crippen LogP contribution in [0.3, 0.4) is 0 Å². The van der Waals surface area contributed by atoms with Crippen molar-refractivity contribution in [3.05, 3.63) is 54.6 Å². The van der Waals surface area contributed by atoms with E-state index in [2.05, 4.69) is 12.2 Å². The van der Waals surface area contributed by atoms with Crippen LogP contribution in [0.1, 0.15) is 19.8 Å². The third kappa shape index (κ3) is 5.88. The summed E-state index contributed by atoms with van der Waals surface area (Å²) in [5.41, 5.74) is 0. The van der Waals surface area contributed by atoms with E-state index >= 15 is 0 Å². The summed E-state index contributed by atoms with van der Waals surface area (Å²) in [6, 6.07) is 17.5. The molecule has 21 heavy (non-hydrogen) atoms. The van der Waals surface area contributed by atoms with E-state index in [1.54, 1.807) is 0 Å². The molecule has 2 aromatic rings. The number of nitrogens with one attached hydrogen (secondary N) is 1. The Kier molecular flexibility index (Phi) is 6.62. The lowest BCUT2D eigenvalue weighted by Crippen LogP contribution is -2.14. The van der Waals surface area contributed by atoms with Gasteiger partial charge in [-0.3, -0.25) is 0 Å². The van der Waals surface area contributed by atoms with Crippen LogP contribution in [0.15, 0.2) is 54.6 Å². The summed E-state index contributed by atoms with van der Waals surface area (Å²) in [6.45, 7) is 4.94. The molecule has 2 aromatic carbocycles. The van der Waals surface area contributed by atoms with Crippen LogP contribution in [0.5, 0.6) is 17.2 Å². The van der Waals surface area contributed by atoms with Crippen LogP contribution < -0.4 is 14.8 Å². The molecule has 0 unspecified atom stereocenters. The van der Waals surface area contributed by atoms with Crippen molar-refractivity contribution in [3.8, 4) is 17.2 Å². The Bertz CT molecular complexity index is 514. The normalized spacial score (nSPS) is 10.3. The quantitative estimate of drug-likeness (QED) is 0.699. The van der Waals surface area contributed by atoms with E-state index in [0.717, 1.165) is 49.8 Å². The molecule has 0 aromatic heterocycles. The zero-order chi connectivity index (χ0) is 14.8. The van der Waals surface area contributed by atoms with E-state index in [1.807, 2.05) is 54.6 Å². The highest BCUT2D eigenvalue weighted by atomic mass is 16.5. The van der Waals surface area contributed by atoms with E-state index in [4.69, 9.17) is 9.47 Å². The van der Waals surface area contributed by atoms with E-state index < -0.39 is 0 Å². The molecular weight excluding hydrogens is 262 g/mol. The van der Waals surface area contributed by atoms with Gasteiger partial charge in [0.1, 0.15) is 17.2 Å². The van der Waals surface area contributed by atoms with Gasteiger partial charge in [-0.2, -0.15) is 0 Å². The molecule has 0 radical (unpaired) electrons. The lowest BCUT2D eigenvalue weighted by Gasteiger charge is -2.09. The molecule has 0 aliphatic rings. The minimum atomic E-state index is 0.736. The van der Waals surface area contributed by atoms with Gasteiger partial charge in [0.15, 0.2) is 0 Å². The summed E-state index contributed by atoms with van der Waals surface area (Å²) in [4.78, 5) is 0. The van der Waals surface area contributed by atoms with Crippen LogP contribution in [-0.4, -0.2) is 19.7 Å². The average molecular weight is 285 g/mol. The van der Waals surface area contributed by atoms with Gasteiger partial charge in [-0.1, -0.05) is 31.2 Å². The lowest BCUT2D eigenvalue weighted by molar-refractivity contribution is 0.304. The number of benzene rings is 2. The number of hydrogen-bond acceptors (Lipinski definition) is 3. The number of unbranched alkanes of at least 4 members (excludes halogenated alkanes) is 1. The van der Waals surface area contributed by atoms with Crippen LogP contribution in [0.2, 0.25) is 0 Å². The summed E-state index contributed by atoms with van der Waals surface area (Å²) >= 11 is 0. The fourth-order valence-electron chi connectivity index (χ4n) is 1.97. The second kappa shape index (κ2) is 9.03. The van der Waals surface area contributed by atoms with Gasteiger partial charge in [0.2, 0.25) is 0 Å². The summed E-state index contributed by atoms with van der Waals surface area (Å²) in [6.07, 6.45) is 2.19. The van der Waals surface area contributed by atoms with Gasteiger partial charge >= 0.3 is 0 Å². The third-order valence-electron chi connectivity index (χ3n) is 3.05. The van der Waals surface area contributed by atoms with Gasteiger partial charge in [0, 0.05) is 6.07 Å². The number of para-hydroxylation sites is 1. The Balaban J connectivity index is 1.78. The molecule has 0 saturated heterocycles. The number of rotatable bonds is 9. The number of hydrogen-bond donors (Lipinski definition) is 1. The Labute approximate surface area is 126 Å². The largest absolute Gasteiger partial charge is 0.493 e. The van der Waals surface area contributed by atoms with Crippen LogP contribution >= 0.6 is 0 Å². The van der Waals surface area contributed by atoms with Crippen molar-refractivity contribution < 1.29 is 9.47 Å². The minimum absolute atomic E-state index is 0.736. The molecule has 0 fully saturated rings. The standard InChI is InChI=1S/C18H23NO2/c1-2-19-13-6-7-14-20-17-11-8-12-18(15-17)21-16-9-4-3-5-10-16/h3-5,8-12,15,19H,2,6-7,13-14H2,1H3. The summed E-state index contributed by atoms with van der Waals surface area (Å²) in [7, 11) is 0. The predicted molar refractivity (Wildman–Crippen MR) is 86.2 cm³/mol. The minimum Gasteiger partial charge on any atom is -0.493 e. The van der Waals surface area contributed by atoms with Crippen LogP contribution in [0, 0.1) is 0 Å². The fourth-order valence-corrected chi connectivity index (χ4v) is 1.97. The van der Waals surface area contributed by atoms with Crippen LogP contribution in [0.4, 0.5) is 0 Å². The molecule has 0 spiro atoms. The van der Waals surface area contributed by atoms with Crippen molar-refractivity contribution in [1.29, 1.82) is 0 Å². The van der Waals surface area contributed by atoms with E-state index in [0.29, 0.717) is 0 Å². The maximum Gasteiger partial charge on any atom is 0.131 e. The van der Waals surface area contributed by atoms with Crippen molar-refractivity contribution in [2.24, 2.45) is 0 Å². The molecule has 2 rings (SSSR count). The van der Waals surface area contributed by atoms with Crippen molar-refractivity contribution in [3.63, 3.8) is 0 Å². The maximum absolute atomic E-state index is 5.79. The summed E-state index contributed by atoms with van der Waals surface area (Å²) in [5.74, 6) is 2.48. The first kappa shape index (κ1) is 15.4. The molecule has 3 nitrogen and oxygen atoms in total. The average Bonchev–Trinajstić information content (AvgIpc) is 2.52. The summed E-state index contributed by atoms with van der Waals surface area (Å²) < 4.78 is 11.5. The Morgan fingerprint density at radius 2 is 1.62 bits per heavy atom. The Morgan fingerprint density at radius 3 is 2.43 bits per heavy atom. The second-order valence-corrected chi connectivity index (χ2v) is 4.80. The predicted octanol–water partition coefficient (Wildman–Crippen LogP) is 4.25. The molecule has 0 amide bonds. The highest BCUT2D eigenvalue weighted by Crippen LogP contribution is 2.25. The molecule has 0 bridgehead atoms. The first-order valence-corrected chi connectivity index (χ1v) is 7.55. The smallest absolute Gasteiger partial charge is 0.131 e. The molecule has 0 aliphatic heterocycles. The molecule has 0 aliphatic carbocycles. The highest BCUT2D eigenvalue weighted by Gasteiger charge is 1.99. The first-order chi connectivity index (χ1) is 10.4. The zero-order valence-electron chi connectivity index (χ0n) is 12.5. The third-order valence-corrected chi connectivity index (χ3v) is 3.05. The second-order valence-electron chi connectivity index (χ2n) is 4.80. The Morgan fingerprint density at radius 1 is 0.857 bits per heavy atom. The maximum atomic E-state index is 5.79. The van der Waals surface area contributed by atoms with Crippen molar-refractivity contribution >= 4 is 0 Å². The molecule has 0 atom stereocenters. The van der Waals surface area contributed by atoms with Crippen LogP contribution in [-0.2, 0) is 0 Å². The molecule has 0 saturated carbocycles. The fraction of sp³-hybridized carbons (Fsp3) is 0.333. The van der Waals surface area contributed by atoms with Crippen LogP contribution in [0.25, 0.3) is 0 Å². The van der Waals surface area contributed by atoms with Gasteiger partial charge in [-0.15, -0.1) is 0 Å². The lowest BCUT2D eigenvalue weighted by atomic mass is 10.3. The zero-order valence-corrected chi connectivity index (χ0v) is 12.5.